The van der Waals surface area contributed by atoms with Crippen molar-refractivity contribution in [2.24, 2.45) is 11.5 Å². The Balaban J connectivity index is 1.54. The largest absolute Gasteiger partial charge is 0.391 e. The number of hydrogen-bond acceptors (Lipinski definition) is 9. The van der Waals surface area contributed by atoms with Crippen LogP contribution in [0, 0.1) is 0 Å². The molecule has 0 aliphatic carbocycles. The highest BCUT2D eigenvalue weighted by molar-refractivity contribution is 5.87. The predicted molar refractivity (Wildman–Crippen MR) is 172 cm³/mol. The maximum Gasteiger partial charge on any atom is 0.239 e. The molecule has 0 aliphatic heterocycles. The van der Waals surface area contributed by atoms with E-state index < -0.39 is 42.3 Å². The number of nitrogens with zero attached hydrogens (tertiary/aromatic N) is 1. The summed E-state index contributed by atoms with van der Waals surface area (Å²) in [5, 5.41) is 32.2. The Bertz CT molecular complexity index is 1330. The smallest absolute Gasteiger partial charge is 0.239 e. The van der Waals surface area contributed by atoms with E-state index in [0.717, 1.165) is 35.1 Å². The number of aromatic nitrogens is 1. The van der Waals surface area contributed by atoms with Crippen molar-refractivity contribution in [2.45, 2.75) is 69.6 Å². The van der Waals surface area contributed by atoms with Gasteiger partial charge in [0.2, 0.25) is 17.7 Å². The second kappa shape index (κ2) is 18.6. The van der Waals surface area contributed by atoms with E-state index >= 15 is 0 Å². The molecule has 1 aromatic heterocycles. The molecule has 45 heavy (non-hydrogen) atoms. The van der Waals surface area contributed by atoms with Crippen LogP contribution in [0.4, 0.5) is 0 Å². The number of pyridine rings is 1. The lowest BCUT2D eigenvalue weighted by atomic mass is 10.0. The molecule has 3 rings (SSSR count). The van der Waals surface area contributed by atoms with Gasteiger partial charge in [-0.2, -0.15) is 0 Å². The minimum absolute atomic E-state index is 0.205. The van der Waals surface area contributed by atoms with Gasteiger partial charge in [0, 0.05) is 18.9 Å². The van der Waals surface area contributed by atoms with E-state index in [1.54, 1.807) is 12.4 Å². The molecule has 242 valence electrons. The molecule has 1 heterocycles. The number of unbranched alkanes of at least 4 members (excludes halogenated alkanes) is 1. The van der Waals surface area contributed by atoms with Gasteiger partial charge in [-0.05, 0) is 61.1 Å². The number of amides is 3. The highest BCUT2D eigenvalue weighted by Crippen LogP contribution is 2.18. The number of rotatable bonds is 19. The summed E-state index contributed by atoms with van der Waals surface area (Å²) < 4.78 is 0. The molecule has 5 atom stereocenters. The van der Waals surface area contributed by atoms with Gasteiger partial charge in [0.25, 0.3) is 0 Å². The first kappa shape index (κ1) is 35.3. The van der Waals surface area contributed by atoms with Gasteiger partial charge in [-0.15, -0.1) is 0 Å². The molecule has 0 fully saturated rings. The fourth-order valence-electron chi connectivity index (χ4n) is 4.80. The van der Waals surface area contributed by atoms with Crippen LogP contribution < -0.4 is 32.7 Å². The van der Waals surface area contributed by atoms with Crippen molar-refractivity contribution in [2.75, 3.05) is 13.1 Å². The standard InChI is InChI=1S/C33H45N7O5/c1-22(41)30(33(45)39-28(31(35)43)18-23-8-3-2-4-9-23)40-29(42)21-38-32(44)27(11-5-6-16-34)37-19-24-12-14-25(15-13-24)26-10-7-17-36-20-26/h2-4,7-10,12-15,17,20,22,27-28,30,33,37,39,41,45H,5-6,11,16,18-19,21,34H2,1H3,(H2,35,43)(H,38,44)(H,40,42)/t22-,27+,28-,30+,33-/m1/s1. The Morgan fingerprint density at radius 1 is 0.889 bits per heavy atom. The number of nitrogens with two attached hydrogens (primary N) is 2. The molecule has 0 bridgehead atoms. The number of aliphatic hydroxyl groups excluding tert-OH is 2. The zero-order valence-corrected chi connectivity index (χ0v) is 25.6. The van der Waals surface area contributed by atoms with Gasteiger partial charge in [-0.3, -0.25) is 24.7 Å². The maximum absolute atomic E-state index is 13.1. The van der Waals surface area contributed by atoms with Gasteiger partial charge < -0.3 is 37.6 Å². The molecule has 3 amide bonds. The minimum atomic E-state index is -1.50. The molecule has 12 nitrogen and oxygen atoms in total. The summed E-state index contributed by atoms with van der Waals surface area (Å²) in [4.78, 5) is 42.1. The van der Waals surface area contributed by atoms with Crippen LogP contribution in [0.3, 0.4) is 0 Å². The first-order valence-electron chi connectivity index (χ1n) is 15.1. The number of carbonyl (C=O) groups is 3. The van der Waals surface area contributed by atoms with Crippen LogP contribution in [0.5, 0.6) is 0 Å². The topological polar surface area (TPSA) is 205 Å². The monoisotopic (exact) mass is 619 g/mol. The summed E-state index contributed by atoms with van der Waals surface area (Å²) in [5.41, 5.74) is 15.0. The summed E-state index contributed by atoms with van der Waals surface area (Å²) in [6.45, 7) is 1.95. The second-order valence-corrected chi connectivity index (χ2v) is 11.0. The lowest BCUT2D eigenvalue weighted by molar-refractivity contribution is -0.129. The number of benzene rings is 2. The van der Waals surface area contributed by atoms with Crippen LogP contribution in [-0.4, -0.2) is 76.5 Å². The average Bonchev–Trinajstić information content (AvgIpc) is 3.04. The number of nitrogens with one attached hydrogen (secondary N) is 4. The van der Waals surface area contributed by atoms with Crippen molar-refractivity contribution in [3.8, 4) is 11.1 Å². The van der Waals surface area contributed by atoms with E-state index in [1.807, 2.05) is 66.7 Å². The van der Waals surface area contributed by atoms with Crippen molar-refractivity contribution >= 4 is 17.7 Å². The van der Waals surface area contributed by atoms with Gasteiger partial charge in [-0.25, -0.2) is 0 Å². The summed E-state index contributed by atoms with van der Waals surface area (Å²) >= 11 is 0. The minimum Gasteiger partial charge on any atom is -0.391 e. The molecule has 0 unspecified atom stereocenters. The molecule has 2 aromatic carbocycles. The van der Waals surface area contributed by atoms with Gasteiger partial charge in [0.1, 0.15) is 6.23 Å². The quantitative estimate of drug-likeness (QED) is 0.0686. The fraction of sp³-hybridized carbons (Fsp3) is 0.394. The summed E-state index contributed by atoms with van der Waals surface area (Å²) in [6, 6.07) is 18.2. The van der Waals surface area contributed by atoms with Gasteiger partial charge in [-0.1, -0.05) is 67.1 Å². The molecule has 3 aromatic rings. The van der Waals surface area contributed by atoms with Gasteiger partial charge >= 0.3 is 0 Å². The zero-order chi connectivity index (χ0) is 32.6. The van der Waals surface area contributed by atoms with E-state index in [4.69, 9.17) is 11.5 Å². The number of hydrogen-bond donors (Lipinski definition) is 8. The first-order chi connectivity index (χ1) is 21.7. The first-order valence-corrected chi connectivity index (χ1v) is 15.1. The number of carbonyl (C=O) groups excluding carboxylic acids is 3. The molecule has 0 saturated heterocycles. The third kappa shape index (κ3) is 12.0. The van der Waals surface area contributed by atoms with Crippen molar-refractivity contribution in [3.05, 3.63) is 90.3 Å². The molecule has 12 heteroatoms. The Labute approximate surface area is 264 Å². The van der Waals surface area contributed by atoms with Gasteiger partial charge in [0.15, 0.2) is 0 Å². The summed E-state index contributed by atoms with van der Waals surface area (Å²) in [7, 11) is 0. The second-order valence-electron chi connectivity index (χ2n) is 11.0. The predicted octanol–water partition coefficient (Wildman–Crippen LogP) is 0.322. The molecule has 0 radical (unpaired) electrons. The normalized spacial score (nSPS) is 14.5. The third-order valence-electron chi connectivity index (χ3n) is 7.37. The molecular weight excluding hydrogens is 574 g/mol. The van der Waals surface area contributed by atoms with Crippen molar-refractivity contribution in [1.82, 2.24) is 26.3 Å². The molecular formula is C33H45N7O5. The molecule has 0 saturated carbocycles. The Kier molecular flexibility index (Phi) is 14.6. The highest BCUT2D eigenvalue weighted by atomic mass is 16.3. The van der Waals surface area contributed by atoms with E-state index in [9.17, 15) is 24.6 Å². The van der Waals surface area contributed by atoms with Crippen molar-refractivity contribution < 1.29 is 24.6 Å². The number of primary amides is 1. The van der Waals surface area contributed by atoms with Crippen LogP contribution in [0.1, 0.15) is 37.3 Å². The maximum atomic E-state index is 13.1. The Morgan fingerprint density at radius 2 is 1.62 bits per heavy atom. The van der Waals surface area contributed by atoms with Crippen molar-refractivity contribution in [3.63, 3.8) is 0 Å². The summed E-state index contributed by atoms with van der Waals surface area (Å²) in [6.07, 6.45) is 3.04. The van der Waals surface area contributed by atoms with Crippen molar-refractivity contribution in [1.29, 1.82) is 0 Å². The Morgan fingerprint density at radius 3 is 2.24 bits per heavy atom. The number of aliphatic hydroxyl groups is 2. The van der Waals surface area contributed by atoms with E-state index in [0.29, 0.717) is 19.5 Å². The lowest BCUT2D eigenvalue weighted by Gasteiger charge is -2.30. The third-order valence-corrected chi connectivity index (χ3v) is 7.37. The van der Waals surface area contributed by atoms with Crippen LogP contribution in [0.2, 0.25) is 0 Å². The van der Waals surface area contributed by atoms with Crippen LogP contribution in [0.25, 0.3) is 11.1 Å². The fourth-order valence-corrected chi connectivity index (χ4v) is 4.80. The molecule has 0 spiro atoms. The lowest BCUT2D eigenvalue weighted by Crippen LogP contribution is -2.60. The highest BCUT2D eigenvalue weighted by Gasteiger charge is 2.30. The van der Waals surface area contributed by atoms with Gasteiger partial charge in [0.05, 0.1) is 30.8 Å². The molecule has 10 N–H and O–H groups in total. The zero-order valence-electron chi connectivity index (χ0n) is 25.6. The van der Waals surface area contributed by atoms with E-state index in [2.05, 4.69) is 26.3 Å². The van der Waals surface area contributed by atoms with Crippen LogP contribution in [-0.2, 0) is 27.3 Å². The molecule has 0 aliphatic rings. The SMILES string of the molecule is C[C@@H](O)[C@H](NC(=O)CNC(=O)[C@H](CCCCN)NCc1ccc(-c2cccnc2)cc1)[C@@H](O)N[C@H](Cc1ccccc1)C(N)=O. The Hall–Kier alpha value is -4.20. The average molecular weight is 620 g/mol. The van der Waals surface area contributed by atoms with Crippen LogP contribution in [0.15, 0.2) is 79.1 Å². The van der Waals surface area contributed by atoms with Crippen LogP contribution >= 0.6 is 0 Å². The summed E-state index contributed by atoms with van der Waals surface area (Å²) in [5.74, 6) is -1.68. The van der Waals surface area contributed by atoms with E-state index in [-0.39, 0.29) is 18.9 Å². The van der Waals surface area contributed by atoms with E-state index in [1.165, 1.54) is 6.92 Å².